The number of urea groups is 1. The molecule has 25 heavy (non-hydrogen) atoms. The Morgan fingerprint density at radius 1 is 1.40 bits per heavy atom. The van der Waals surface area contributed by atoms with Crippen LogP contribution < -0.4 is 10.6 Å². The lowest BCUT2D eigenvalue weighted by atomic mass is 9.87. The number of nitrogens with zero attached hydrogens (tertiary/aromatic N) is 1. The second kappa shape index (κ2) is 8.19. The topological polar surface area (TPSA) is 70.7 Å². The highest BCUT2D eigenvalue weighted by Gasteiger charge is 2.43. The van der Waals surface area contributed by atoms with Gasteiger partial charge in [0, 0.05) is 19.6 Å². The van der Waals surface area contributed by atoms with Gasteiger partial charge < -0.3 is 20.3 Å². The summed E-state index contributed by atoms with van der Waals surface area (Å²) in [4.78, 5) is 26.9. The summed E-state index contributed by atoms with van der Waals surface area (Å²) in [5, 5.41) is 7.95. The van der Waals surface area contributed by atoms with Crippen LogP contribution in [0.2, 0.25) is 0 Å². The Balaban J connectivity index is 1.44. The zero-order valence-corrected chi connectivity index (χ0v) is 15.6. The van der Waals surface area contributed by atoms with Crippen LogP contribution in [0, 0.1) is 0 Å². The van der Waals surface area contributed by atoms with Gasteiger partial charge in [0.2, 0.25) is 0 Å². The standard InChI is InChI=1S/C18H27N3O3S/c1-2-3-8-19-17(23)21-9-6-18(7-10-21)12-14(13-24-18)20-16(22)15-5-4-11-25-15/h4-5,11,14H,2-3,6-10,12-13H2,1H3,(H,19,23)(H,20,22)/t14-/m0/s1. The van der Waals surface area contributed by atoms with E-state index in [1.807, 2.05) is 22.4 Å². The molecule has 2 saturated heterocycles. The number of nitrogens with one attached hydrogen (secondary N) is 2. The first-order chi connectivity index (χ1) is 12.1. The van der Waals surface area contributed by atoms with E-state index in [2.05, 4.69) is 17.6 Å². The van der Waals surface area contributed by atoms with Gasteiger partial charge in [-0.25, -0.2) is 4.79 Å². The summed E-state index contributed by atoms with van der Waals surface area (Å²) in [6.07, 6.45) is 4.59. The van der Waals surface area contributed by atoms with Crippen LogP contribution >= 0.6 is 11.3 Å². The fraction of sp³-hybridized carbons (Fsp3) is 0.667. The predicted molar refractivity (Wildman–Crippen MR) is 98.0 cm³/mol. The van der Waals surface area contributed by atoms with Gasteiger partial charge in [0.25, 0.3) is 5.91 Å². The molecule has 0 aliphatic carbocycles. The molecule has 1 aromatic rings. The highest BCUT2D eigenvalue weighted by atomic mass is 32.1. The summed E-state index contributed by atoms with van der Waals surface area (Å²) >= 11 is 1.45. The minimum absolute atomic E-state index is 0.0200. The molecule has 0 aromatic carbocycles. The van der Waals surface area contributed by atoms with E-state index >= 15 is 0 Å². The molecule has 2 N–H and O–H groups in total. The minimum Gasteiger partial charge on any atom is -0.373 e. The fourth-order valence-electron chi connectivity index (χ4n) is 3.55. The van der Waals surface area contributed by atoms with Crippen molar-refractivity contribution in [3.05, 3.63) is 22.4 Å². The molecule has 1 atom stereocenters. The van der Waals surface area contributed by atoms with E-state index in [1.54, 1.807) is 0 Å². The number of carbonyl (C=O) groups excluding carboxylic acids is 2. The van der Waals surface area contributed by atoms with Crippen LogP contribution in [0.5, 0.6) is 0 Å². The van der Waals surface area contributed by atoms with Crippen molar-refractivity contribution in [3.63, 3.8) is 0 Å². The first-order valence-corrected chi connectivity index (χ1v) is 10.0. The van der Waals surface area contributed by atoms with Crippen LogP contribution in [0.4, 0.5) is 4.79 Å². The number of piperidine rings is 1. The predicted octanol–water partition coefficient (Wildman–Crippen LogP) is 2.61. The van der Waals surface area contributed by atoms with Gasteiger partial charge in [-0.05, 0) is 37.1 Å². The Kier molecular flexibility index (Phi) is 5.96. The Morgan fingerprint density at radius 2 is 2.20 bits per heavy atom. The molecule has 7 heteroatoms. The van der Waals surface area contributed by atoms with Gasteiger partial charge in [-0.2, -0.15) is 0 Å². The fourth-order valence-corrected chi connectivity index (χ4v) is 4.18. The quantitative estimate of drug-likeness (QED) is 0.788. The number of likely N-dealkylation sites (tertiary alicyclic amines) is 1. The number of hydrogen-bond donors (Lipinski definition) is 2. The normalized spacial score (nSPS) is 22.1. The smallest absolute Gasteiger partial charge is 0.317 e. The van der Waals surface area contributed by atoms with Crippen molar-refractivity contribution >= 4 is 23.3 Å². The molecule has 3 amide bonds. The number of unbranched alkanes of at least 4 members (excludes halogenated alkanes) is 1. The molecule has 1 aromatic heterocycles. The van der Waals surface area contributed by atoms with Crippen molar-refractivity contribution in [2.75, 3.05) is 26.2 Å². The van der Waals surface area contributed by atoms with Gasteiger partial charge in [0.1, 0.15) is 0 Å². The lowest BCUT2D eigenvalue weighted by Gasteiger charge is -2.38. The summed E-state index contributed by atoms with van der Waals surface area (Å²) in [5.41, 5.74) is -0.187. The number of ether oxygens (including phenoxy) is 1. The van der Waals surface area contributed by atoms with Gasteiger partial charge in [0.05, 0.1) is 23.1 Å². The Hall–Kier alpha value is -1.60. The summed E-state index contributed by atoms with van der Waals surface area (Å²) in [7, 11) is 0. The second-order valence-electron chi connectivity index (χ2n) is 6.92. The van der Waals surface area contributed by atoms with Gasteiger partial charge in [-0.3, -0.25) is 4.79 Å². The van der Waals surface area contributed by atoms with E-state index in [-0.39, 0.29) is 23.6 Å². The monoisotopic (exact) mass is 365 g/mol. The molecule has 138 valence electrons. The van der Waals surface area contributed by atoms with Crippen LogP contribution in [0.3, 0.4) is 0 Å². The SMILES string of the molecule is CCCCNC(=O)N1CCC2(CC1)C[C@H](NC(=O)c1cccs1)CO2. The van der Waals surface area contributed by atoms with Crippen LogP contribution in [0.25, 0.3) is 0 Å². The summed E-state index contributed by atoms with van der Waals surface area (Å²) in [5.74, 6) is -0.0200. The van der Waals surface area contributed by atoms with Crippen LogP contribution in [-0.2, 0) is 4.74 Å². The highest BCUT2D eigenvalue weighted by molar-refractivity contribution is 7.12. The molecule has 0 radical (unpaired) electrons. The van der Waals surface area contributed by atoms with Crippen molar-refractivity contribution in [2.45, 2.75) is 50.7 Å². The van der Waals surface area contributed by atoms with Crippen molar-refractivity contribution in [1.82, 2.24) is 15.5 Å². The number of rotatable bonds is 5. The number of thiophene rings is 1. The van der Waals surface area contributed by atoms with Gasteiger partial charge in [-0.1, -0.05) is 19.4 Å². The third kappa shape index (κ3) is 4.52. The number of amides is 3. The minimum atomic E-state index is -0.187. The lowest BCUT2D eigenvalue weighted by Crippen LogP contribution is -2.50. The van der Waals surface area contributed by atoms with Crippen molar-refractivity contribution in [3.8, 4) is 0 Å². The maximum absolute atomic E-state index is 12.2. The third-order valence-corrected chi connectivity index (χ3v) is 5.93. The molecule has 3 rings (SSSR count). The summed E-state index contributed by atoms with van der Waals surface area (Å²) in [6, 6.07) is 3.80. The lowest BCUT2D eigenvalue weighted by molar-refractivity contribution is -0.0363. The summed E-state index contributed by atoms with van der Waals surface area (Å²) < 4.78 is 6.07. The average molecular weight is 365 g/mol. The highest BCUT2D eigenvalue weighted by Crippen LogP contribution is 2.36. The molecule has 0 unspecified atom stereocenters. The molecule has 3 heterocycles. The summed E-state index contributed by atoms with van der Waals surface area (Å²) in [6.45, 7) is 4.83. The molecule has 2 aliphatic rings. The zero-order chi connectivity index (χ0) is 17.7. The molecule has 6 nitrogen and oxygen atoms in total. The molecule has 1 spiro atoms. The van der Waals surface area contributed by atoms with Gasteiger partial charge >= 0.3 is 6.03 Å². The van der Waals surface area contributed by atoms with Crippen molar-refractivity contribution in [1.29, 1.82) is 0 Å². The largest absolute Gasteiger partial charge is 0.373 e. The van der Waals surface area contributed by atoms with E-state index < -0.39 is 0 Å². The van der Waals surface area contributed by atoms with Crippen LogP contribution in [-0.4, -0.2) is 54.7 Å². The van der Waals surface area contributed by atoms with Gasteiger partial charge in [0.15, 0.2) is 0 Å². The van der Waals surface area contributed by atoms with Crippen molar-refractivity contribution in [2.24, 2.45) is 0 Å². The molecule has 0 bridgehead atoms. The first-order valence-electron chi connectivity index (χ1n) is 9.13. The van der Waals surface area contributed by atoms with E-state index in [0.717, 1.165) is 43.5 Å². The Labute approximate surface area is 152 Å². The van der Waals surface area contributed by atoms with E-state index in [9.17, 15) is 9.59 Å². The van der Waals surface area contributed by atoms with Crippen LogP contribution in [0.15, 0.2) is 17.5 Å². The molecule has 0 saturated carbocycles. The number of carbonyl (C=O) groups is 2. The maximum Gasteiger partial charge on any atom is 0.317 e. The maximum atomic E-state index is 12.2. The Morgan fingerprint density at radius 3 is 2.88 bits per heavy atom. The molecule has 2 aliphatic heterocycles. The second-order valence-corrected chi connectivity index (χ2v) is 7.87. The molecular formula is C18H27N3O3S. The number of hydrogen-bond acceptors (Lipinski definition) is 4. The van der Waals surface area contributed by atoms with E-state index in [1.165, 1.54) is 11.3 Å². The first kappa shape index (κ1) is 18.2. The zero-order valence-electron chi connectivity index (χ0n) is 14.8. The van der Waals surface area contributed by atoms with E-state index in [0.29, 0.717) is 19.7 Å². The average Bonchev–Trinajstić information content (AvgIpc) is 3.27. The molecular weight excluding hydrogens is 338 g/mol. The van der Waals surface area contributed by atoms with Crippen molar-refractivity contribution < 1.29 is 14.3 Å². The van der Waals surface area contributed by atoms with E-state index in [4.69, 9.17) is 4.74 Å². The van der Waals surface area contributed by atoms with Gasteiger partial charge in [-0.15, -0.1) is 11.3 Å². The molecule has 2 fully saturated rings. The third-order valence-electron chi connectivity index (χ3n) is 5.06. The van der Waals surface area contributed by atoms with Crippen LogP contribution in [0.1, 0.15) is 48.7 Å². The Bertz CT molecular complexity index is 582.